The van der Waals surface area contributed by atoms with Gasteiger partial charge in [0.2, 0.25) is 0 Å². The molecule has 0 aliphatic rings. The van der Waals surface area contributed by atoms with E-state index in [1.54, 1.807) is 0 Å². The van der Waals surface area contributed by atoms with Crippen LogP contribution in [0.4, 0.5) is 0 Å². The maximum Gasteiger partial charge on any atom is 0.307 e. The molecule has 0 spiro atoms. The number of aryl methyl sites for hydroxylation is 1. The number of furan rings is 1. The van der Waals surface area contributed by atoms with E-state index in [0.717, 1.165) is 11.5 Å². The number of carbonyl (C=O) groups excluding carboxylic acids is 1. The standard InChI is InChI=1S/C13H21NO3/c1-10-5-6-11(16-10)9-14-8-7-12(15)17-13(2,3)4/h5-6,14H,7-9H2,1-4H3. The monoisotopic (exact) mass is 239 g/mol. The molecule has 17 heavy (non-hydrogen) atoms. The summed E-state index contributed by atoms with van der Waals surface area (Å²) in [6, 6.07) is 3.85. The van der Waals surface area contributed by atoms with Crippen LogP contribution in [0.1, 0.15) is 38.7 Å². The van der Waals surface area contributed by atoms with E-state index in [2.05, 4.69) is 5.32 Å². The van der Waals surface area contributed by atoms with Crippen molar-refractivity contribution in [3.63, 3.8) is 0 Å². The van der Waals surface area contributed by atoms with Crippen molar-refractivity contribution in [1.29, 1.82) is 0 Å². The van der Waals surface area contributed by atoms with Gasteiger partial charge in [0, 0.05) is 6.54 Å². The zero-order valence-corrected chi connectivity index (χ0v) is 11.0. The number of esters is 1. The van der Waals surface area contributed by atoms with Gasteiger partial charge < -0.3 is 14.5 Å². The van der Waals surface area contributed by atoms with E-state index >= 15 is 0 Å². The van der Waals surface area contributed by atoms with Crippen LogP contribution < -0.4 is 5.32 Å². The summed E-state index contributed by atoms with van der Waals surface area (Å²) >= 11 is 0. The van der Waals surface area contributed by atoms with Crippen LogP contribution in [0, 0.1) is 6.92 Å². The molecule has 0 saturated carbocycles. The Bertz CT molecular complexity index is 363. The normalized spacial score (nSPS) is 11.5. The van der Waals surface area contributed by atoms with Crippen LogP contribution >= 0.6 is 0 Å². The molecule has 1 aromatic heterocycles. The Morgan fingerprint density at radius 3 is 2.65 bits per heavy atom. The molecule has 1 rings (SSSR count). The first-order valence-corrected chi connectivity index (χ1v) is 5.85. The van der Waals surface area contributed by atoms with Crippen LogP contribution in [0.2, 0.25) is 0 Å². The molecule has 1 heterocycles. The fourth-order valence-electron chi connectivity index (χ4n) is 1.37. The first-order valence-electron chi connectivity index (χ1n) is 5.85. The number of hydrogen-bond donors (Lipinski definition) is 1. The Kier molecular flexibility index (Phi) is 4.75. The van der Waals surface area contributed by atoms with E-state index in [1.807, 2.05) is 39.8 Å². The third-order valence-corrected chi connectivity index (χ3v) is 2.02. The van der Waals surface area contributed by atoms with E-state index in [-0.39, 0.29) is 5.97 Å². The van der Waals surface area contributed by atoms with Crippen LogP contribution in [0.5, 0.6) is 0 Å². The lowest BCUT2D eigenvalue weighted by molar-refractivity contribution is -0.154. The highest BCUT2D eigenvalue weighted by molar-refractivity contribution is 5.70. The molecule has 96 valence electrons. The van der Waals surface area contributed by atoms with Crippen molar-refractivity contribution in [3.05, 3.63) is 23.7 Å². The first kappa shape index (κ1) is 13.8. The lowest BCUT2D eigenvalue weighted by Gasteiger charge is -2.19. The number of hydrogen-bond acceptors (Lipinski definition) is 4. The quantitative estimate of drug-likeness (QED) is 0.633. The number of rotatable bonds is 5. The molecule has 1 aromatic rings. The fourth-order valence-corrected chi connectivity index (χ4v) is 1.37. The Morgan fingerprint density at radius 1 is 1.41 bits per heavy atom. The largest absolute Gasteiger partial charge is 0.465 e. The van der Waals surface area contributed by atoms with E-state index in [4.69, 9.17) is 9.15 Å². The Hall–Kier alpha value is -1.29. The van der Waals surface area contributed by atoms with Crippen LogP contribution in [0.3, 0.4) is 0 Å². The molecule has 4 nitrogen and oxygen atoms in total. The summed E-state index contributed by atoms with van der Waals surface area (Å²) in [6.45, 7) is 8.73. The maximum atomic E-state index is 11.4. The van der Waals surface area contributed by atoms with E-state index in [9.17, 15) is 4.79 Å². The van der Waals surface area contributed by atoms with Crippen molar-refractivity contribution in [1.82, 2.24) is 5.32 Å². The summed E-state index contributed by atoms with van der Waals surface area (Å²) in [5.41, 5.74) is -0.408. The summed E-state index contributed by atoms with van der Waals surface area (Å²) in [4.78, 5) is 11.4. The van der Waals surface area contributed by atoms with Crippen LogP contribution in [-0.4, -0.2) is 18.1 Å². The van der Waals surface area contributed by atoms with Crippen molar-refractivity contribution in [3.8, 4) is 0 Å². The lowest BCUT2D eigenvalue weighted by atomic mass is 10.2. The fraction of sp³-hybridized carbons (Fsp3) is 0.615. The topological polar surface area (TPSA) is 51.5 Å². The Labute approximate surface area is 102 Å². The smallest absolute Gasteiger partial charge is 0.307 e. The van der Waals surface area contributed by atoms with Gasteiger partial charge in [-0.15, -0.1) is 0 Å². The second kappa shape index (κ2) is 5.87. The summed E-state index contributed by atoms with van der Waals surface area (Å²) in [5.74, 6) is 1.60. The Morgan fingerprint density at radius 2 is 2.12 bits per heavy atom. The first-order chi connectivity index (χ1) is 7.87. The molecule has 4 heteroatoms. The second-order valence-electron chi connectivity index (χ2n) is 5.03. The van der Waals surface area contributed by atoms with Gasteiger partial charge in [0.15, 0.2) is 0 Å². The average molecular weight is 239 g/mol. The van der Waals surface area contributed by atoms with Gasteiger partial charge in [-0.25, -0.2) is 0 Å². The van der Waals surface area contributed by atoms with Crippen molar-refractivity contribution in [2.45, 2.75) is 46.3 Å². The van der Waals surface area contributed by atoms with Gasteiger partial charge in [-0.1, -0.05) is 0 Å². The molecule has 0 fully saturated rings. The molecule has 0 unspecified atom stereocenters. The molecular formula is C13H21NO3. The van der Waals surface area contributed by atoms with Crippen molar-refractivity contribution < 1.29 is 13.9 Å². The molecule has 0 atom stereocenters. The molecule has 0 aliphatic heterocycles. The number of carbonyl (C=O) groups is 1. The van der Waals surface area contributed by atoms with E-state index in [1.165, 1.54) is 0 Å². The van der Waals surface area contributed by atoms with Crippen molar-refractivity contribution in [2.24, 2.45) is 0 Å². The molecule has 1 N–H and O–H groups in total. The molecular weight excluding hydrogens is 218 g/mol. The van der Waals surface area contributed by atoms with Crippen molar-refractivity contribution in [2.75, 3.05) is 6.54 Å². The molecule has 0 aromatic carbocycles. The zero-order chi connectivity index (χ0) is 12.9. The predicted molar refractivity (Wildman–Crippen MR) is 65.6 cm³/mol. The summed E-state index contributed by atoms with van der Waals surface area (Å²) in [5, 5.41) is 3.14. The minimum Gasteiger partial charge on any atom is -0.465 e. The summed E-state index contributed by atoms with van der Waals surface area (Å²) < 4.78 is 10.6. The van der Waals surface area contributed by atoms with Gasteiger partial charge in [0.1, 0.15) is 17.1 Å². The molecule has 0 radical (unpaired) electrons. The van der Waals surface area contributed by atoms with Gasteiger partial charge in [-0.05, 0) is 39.8 Å². The van der Waals surface area contributed by atoms with Crippen LogP contribution in [0.25, 0.3) is 0 Å². The molecule has 0 bridgehead atoms. The number of ether oxygens (including phenoxy) is 1. The highest BCUT2D eigenvalue weighted by Crippen LogP contribution is 2.08. The van der Waals surface area contributed by atoms with Crippen molar-refractivity contribution >= 4 is 5.97 Å². The number of nitrogens with one attached hydrogen (secondary N) is 1. The Balaban J connectivity index is 2.14. The highest BCUT2D eigenvalue weighted by Gasteiger charge is 2.15. The van der Waals surface area contributed by atoms with Gasteiger partial charge >= 0.3 is 5.97 Å². The van der Waals surface area contributed by atoms with E-state index in [0.29, 0.717) is 19.5 Å². The summed E-state index contributed by atoms with van der Waals surface area (Å²) in [7, 11) is 0. The molecule has 0 aliphatic carbocycles. The van der Waals surface area contributed by atoms with Gasteiger partial charge in [-0.3, -0.25) is 4.79 Å². The van der Waals surface area contributed by atoms with Gasteiger partial charge in [0.25, 0.3) is 0 Å². The predicted octanol–water partition coefficient (Wildman–Crippen LogP) is 2.41. The van der Waals surface area contributed by atoms with Crippen LogP contribution in [-0.2, 0) is 16.1 Å². The van der Waals surface area contributed by atoms with Gasteiger partial charge in [0.05, 0.1) is 13.0 Å². The second-order valence-corrected chi connectivity index (χ2v) is 5.03. The third-order valence-electron chi connectivity index (χ3n) is 2.02. The zero-order valence-electron chi connectivity index (χ0n) is 11.0. The summed E-state index contributed by atoms with van der Waals surface area (Å²) in [6.07, 6.45) is 0.372. The maximum absolute atomic E-state index is 11.4. The lowest BCUT2D eigenvalue weighted by Crippen LogP contribution is -2.26. The molecule has 0 amide bonds. The highest BCUT2D eigenvalue weighted by atomic mass is 16.6. The minimum absolute atomic E-state index is 0.180. The minimum atomic E-state index is -0.408. The SMILES string of the molecule is Cc1ccc(CNCCC(=O)OC(C)(C)C)o1. The van der Waals surface area contributed by atoms with E-state index < -0.39 is 5.60 Å². The van der Waals surface area contributed by atoms with Gasteiger partial charge in [-0.2, -0.15) is 0 Å². The molecule has 0 saturated heterocycles. The van der Waals surface area contributed by atoms with Crippen LogP contribution in [0.15, 0.2) is 16.5 Å². The average Bonchev–Trinajstić information content (AvgIpc) is 2.56. The third kappa shape index (κ3) is 6.12.